The predicted octanol–water partition coefficient (Wildman–Crippen LogP) is 1.82. The fraction of sp³-hybridized carbons (Fsp3) is 0.182. The van der Waals surface area contributed by atoms with E-state index in [1.165, 1.54) is 4.85 Å². The summed E-state index contributed by atoms with van der Waals surface area (Å²) in [6.45, 7) is 2.50. The molecular weight excluding hydrogens is 176 g/mol. The van der Waals surface area contributed by atoms with Crippen molar-refractivity contribution in [2.24, 2.45) is 0 Å². The van der Waals surface area contributed by atoms with Crippen LogP contribution in [0.3, 0.4) is 0 Å². The number of aryl methyl sites for hydroxylation is 1. The first kappa shape index (κ1) is 8.81. The van der Waals surface area contributed by atoms with E-state index in [0.29, 0.717) is 6.61 Å². The molecule has 0 saturated carbocycles. The van der Waals surface area contributed by atoms with Crippen molar-refractivity contribution in [1.29, 1.82) is 0 Å². The van der Waals surface area contributed by atoms with Gasteiger partial charge in [0.1, 0.15) is 6.61 Å². The molecule has 1 aromatic heterocycles. The zero-order chi connectivity index (χ0) is 9.80. The fourth-order valence-electron chi connectivity index (χ4n) is 1.20. The maximum absolute atomic E-state index is 5.47. The van der Waals surface area contributed by atoms with Crippen LogP contribution in [-0.2, 0) is 6.61 Å². The van der Waals surface area contributed by atoms with Crippen LogP contribution in [0.5, 0.6) is 0 Å². The van der Waals surface area contributed by atoms with Gasteiger partial charge in [-0.2, -0.15) is 0 Å². The van der Waals surface area contributed by atoms with Gasteiger partial charge in [0.05, 0.1) is 11.9 Å². The summed E-state index contributed by atoms with van der Waals surface area (Å²) < 4.78 is 0. The number of nitrogens with zero attached hydrogens (tertiary/aromatic N) is 2. The van der Waals surface area contributed by atoms with Crippen molar-refractivity contribution >= 4 is 0 Å². The average Bonchev–Trinajstić information content (AvgIpc) is 2.63. The van der Waals surface area contributed by atoms with Crippen molar-refractivity contribution in [2.75, 3.05) is 0 Å². The molecule has 0 saturated heterocycles. The lowest BCUT2D eigenvalue weighted by Crippen LogP contribution is -2.13. The van der Waals surface area contributed by atoms with Crippen molar-refractivity contribution in [3.05, 3.63) is 53.9 Å². The van der Waals surface area contributed by atoms with Crippen molar-refractivity contribution in [3.63, 3.8) is 0 Å². The highest BCUT2D eigenvalue weighted by Crippen LogP contribution is 2.00. The molecule has 1 heterocycles. The summed E-state index contributed by atoms with van der Waals surface area (Å²) in [6.07, 6.45) is 1.72. The van der Waals surface area contributed by atoms with Crippen LogP contribution in [-0.4, -0.2) is 9.94 Å². The van der Waals surface area contributed by atoms with E-state index in [-0.39, 0.29) is 0 Å². The standard InChI is InChI=1S/C11H12N2O/c1-10-7-8-12-13(10)14-9-11-5-3-2-4-6-11/h2-8H,9H2,1H3. The number of hydrogen-bond acceptors (Lipinski definition) is 2. The molecule has 2 aromatic rings. The first-order chi connectivity index (χ1) is 6.86. The molecule has 0 fully saturated rings. The Balaban J connectivity index is 1.99. The Labute approximate surface area is 82.9 Å². The highest BCUT2D eigenvalue weighted by Gasteiger charge is 1.97. The first-order valence-corrected chi connectivity index (χ1v) is 4.54. The van der Waals surface area contributed by atoms with Gasteiger partial charge in [0.25, 0.3) is 0 Å². The van der Waals surface area contributed by atoms with Crippen LogP contribution in [0.1, 0.15) is 11.3 Å². The van der Waals surface area contributed by atoms with Gasteiger partial charge in [-0.1, -0.05) is 30.3 Å². The molecule has 0 bridgehead atoms. The van der Waals surface area contributed by atoms with Crippen molar-refractivity contribution in [3.8, 4) is 0 Å². The molecule has 0 aliphatic rings. The largest absolute Gasteiger partial charge is 0.392 e. The lowest BCUT2D eigenvalue weighted by molar-refractivity contribution is 0.0657. The summed E-state index contributed by atoms with van der Waals surface area (Å²) in [4.78, 5) is 7.00. The van der Waals surface area contributed by atoms with Crippen LogP contribution < -0.4 is 4.84 Å². The first-order valence-electron chi connectivity index (χ1n) is 4.54. The van der Waals surface area contributed by atoms with Gasteiger partial charge < -0.3 is 4.84 Å². The number of aromatic nitrogens is 2. The Morgan fingerprint density at radius 3 is 2.64 bits per heavy atom. The second kappa shape index (κ2) is 3.96. The van der Waals surface area contributed by atoms with E-state index in [9.17, 15) is 0 Å². The molecular formula is C11H12N2O. The smallest absolute Gasteiger partial charge is 0.142 e. The van der Waals surface area contributed by atoms with Gasteiger partial charge in [0, 0.05) is 0 Å². The Bertz CT molecular complexity index is 395. The van der Waals surface area contributed by atoms with Crippen LogP contribution in [0.2, 0.25) is 0 Å². The normalized spacial score (nSPS) is 10.1. The Morgan fingerprint density at radius 2 is 2.00 bits per heavy atom. The Kier molecular flexibility index (Phi) is 2.49. The predicted molar refractivity (Wildman–Crippen MR) is 53.7 cm³/mol. The molecule has 14 heavy (non-hydrogen) atoms. The third-order valence-corrected chi connectivity index (χ3v) is 1.99. The summed E-state index contributed by atoms with van der Waals surface area (Å²) in [6, 6.07) is 11.9. The molecule has 1 aromatic carbocycles. The minimum absolute atomic E-state index is 0.545. The number of hydrogen-bond donors (Lipinski definition) is 0. The van der Waals surface area contributed by atoms with E-state index in [1.54, 1.807) is 6.20 Å². The SMILES string of the molecule is Cc1ccnn1OCc1ccccc1. The molecule has 0 N–H and O–H groups in total. The molecule has 0 unspecified atom stereocenters. The van der Waals surface area contributed by atoms with Gasteiger partial charge >= 0.3 is 0 Å². The molecule has 3 heteroatoms. The molecule has 3 nitrogen and oxygen atoms in total. The molecule has 72 valence electrons. The van der Waals surface area contributed by atoms with E-state index < -0.39 is 0 Å². The number of benzene rings is 1. The van der Waals surface area contributed by atoms with Gasteiger partial charge in [-0.3, -0.25) is 0 Å². The topological polar surface area (TPSA) is 27.1 Å². The van der Waals surface area contributed by atoms with Gasteiger partial charge in [0.2, 0.25) is 0 Å². The molecule has 0 aliphatic carbocycles. The molecule has 0 radical (unpaired) electrons. The summed E-state index contributed by atoms with van der Waals surface area (Å²) in [5, 5.41) is 4.03. The zero-order valence-electron chi connectivity index (χ0n) is 8.05. The third kappa shape index (κ3) is 1.93. The van der Waals surface area contributed by atoms with E-state index in [0.717, 1.165) is 11.3 Å². The average molecular weight is 188 g/mol. The van der Waals surface area contributed by atoms with Crippen LogP contribution in [0.4, 0.5) is 0 Å². The summed E-state index contributed by atoms with van der Waals surface area (Å²) >= 11 is 0. The monoisotopic (exact) mass is 188 g/mol. The summed E-state index contributed by atoms with van der Waals surface area (Å²) in [5.74, 6) is 0. The Hall–Kier alpha value is -1.77. The quantitative estimate of drug-likeness (QED) is 0.734. The Morgan fingerprint density at radius 1 is 1.21 bits per heavy atom. The number of rotatable bonds is 3. The van der Waals surface area contributed by atoms with Crippen LogP contribution in [0.25, 0.3) is 0 Å². The van der Waals surface area contributed by atoms with Crippen molar-refractivity contribution in [1.82, 2.24) is 9.94 Å². The molecule has 0 amide bonds. The van der Waals surface area contributed by atoms with Gasteiger partial charge in [-0.15, -0.1) is 9.94 Å². The van der Waals surface area contributed by atoms with Gasteiger partial charge in [-0.05, 0) is 18.6 Å². The maximum atomic E-state index is 5.47. The second-order valence-electron chi connectivity index (χ2n) is 3.10. The van der Waals surface area contributed by atoms with Crippen molar-refractivity contribution < 1.29 is 4.84 Å². The van der Waals surface area contributed by atoms with Crippen LogP contribution >= 0.6 is 0 Å². The van der Waals surface area contributed by atoms with Crippen LogP contribution in [0, 0.1) is 6.92 Å². The lowest BCUT2D eigenvalue weighted by atomic mass is 10.2. The molecule has 2 rings (SSSR count). The van der Waals surface area contributed by atoms with E-state index in [4.69, 9.17) is 4.84 Å². The summed E-state index contributed by atoms with van der Waals surface area (Å²) in [7, 11) is 0. The molecule has 0 atom stereocenters. The third-order valence-electron chi connectivity index (χ3n) is 1.99. The summed E-state index contributed by atoms with van der Waals surface area (Å²) in [5.41, 5.74) is 2.14. The lowest BCUT2D eigenvalue weighted by Gasteiger charge is -2.06. The molecule has 0 aliphatic heterocycles. The van der Waals surface area contributed by atoms with Crippen LogP contribution in [0.15, 0.2) is 42.6 Å². The van der Waals surface area contributed by atoms with E-state index in [1.807, 2.05) is 43.3 Å². The van der Waals surface area contributed by atoms with Gasteiger partial charge in [-0.25, -0.2) is 0 Å². The minimum Gasteiger partial charge on any atom is -0.392 e. The van der Waals surface area contributed by atoms with Crippen molar-refractivity contribution in [2.45, 2.75) is 13.5 Å². The van der Waals surface area contributed by atoms with Gasteiger partial charge in [0.15, 0.2) is 0 Å². The van der Waals surface area contributed by atoms with E-state index in [2.05, 4.69) is 5.10 Å². The maximum Gasteiger partial charge on any atom is 0.142 e. The second-order valence-corrected chi connectivity index (χ2v) is 3.10. The zero-order valence-corrected chi connectivity index (χ0v) is 8.05. The molecule has 0 spiro atoms. The minimum atomic E-state index is 0.545. The highest BCUT2D eigenvalue weighted by molar-refractivity contribution is 5.13. The van der Waals surface area contributed by atoms with E-state index >= 15 is 0 Å². The highest BCUT2D eigenvalue weighted by atomic mass is 16.7. The fourth-order valence-corrected chi connectivity index (χ4v) is 1.20.